The number of benzene rings is 1. The molecule has 22 heavy (non-hydrogen) atoms. The third kappa shape index (κ3) is 2.85. The van der Waals surface area contributed by atoms with Crippen LogP contribution in [-0.2, 0) is 11.0 Å². The Morgan fingerprint density at radius 2 is 2.00 bits per heavy atom. The van der Waals surface area contributed by atoms with Gasteiger partial charge < -0.3 is 5.32 Å². The molecule has 2 nitrogen and oxygen atoms in total. The van der Waals surface area contributed by atoms with E-state index in [2.05, 4.69) is 5.32 Å². The highest BCUT2D eigenvalue weighted by Gasteiger charge is 2.34. The van der Waals surface area contributed by atoms with Crippen LogP contribution in [0.4, 0.5) is 23.2 Å². The van der Waals surface area contributed by atoms with E-state index >= 15 is 0 Å². The fraction of sp³-hybridized carbons (Fsp3) is 0.214. The largest absolute Gasteiger partial charge is 0.416 e. The molecule has 0 spiro atoms. The van der Waals surface area contributed by atoms with Crippen molar-refractivity contribution in [2.45, 2.75) is 11.4 Å². The highest BCUT2D eigenvalue weighted by atomic mass is 32.2. The van der Waals surface area contributed by atoms with Gasteiger partial charge in [-0.2, -0.15) is 13.2 Å². The predicted octanol–water partition coefficient (Wildman–Crippen LogP) is 4.68. The van der Waals surface area contributed by atoms with Crippen LogP contribution in [0.5, 0.6) is 0 Å². The molecule has 1 N–H and O–H groups in total. The van der Waals surface area contributed by atoms with E-state index in [0.717, 1.165) is 30.0 Å². The van der Waals surface area contributed by atoms with Crippen LogP contribution < -0.4 is 5.32 Å². The Morgan fingerprint density at radius 1 is 1.23 bits per heavy atom. The third-order valence-electron chi connectivity index (χ3n) is 3.19. The molecular weight excluding hydrogens is 338 g/mol. The first-order valence-electron chi connectivity index (χ1n) is 6.22. The standard InChI is InChI=1S/C14H9F4NOS2/c15-9-2-1-7(14(16,17)18)5-8(9)12-13-10(3-4-21-13)19-11(20)6-22-12/h1-5,12H,6H2,(H,19,20)/t12-/m0/s1. The minimum Gasteiger partial charge on any atom is -0.324 e. The van der Waals surface area contributed by atoms with Crippen LogP contribution in [-0.4, -0.2) is 11.7 Å². The first-order chi connectivity index (χ1) is 10.4. The van der Waals surface area contributed by atoms with E-state index in [1.165, 1.54) is 11.3 Å². The molecule has 3 rings (SSSR count). The normalized spacial score (nSPS) is 18.5. The smallest absolute Gasteiger partial charge is 0.324 e. The molecule has 1 aliphatic heterocycles. The summed E-state index contributed by atoms with van der Waals surface area (Å²) in [5.41, 5.74) is -0.423. The van der Waals surface area contributed by atoms with E-state index in [9.17, 15) is 22.4 Å². The maximum absolute atomic E-state index is 14.1. The summed E-state index contributed by atoms with van der Waals surface area (Å²) in [5, 5.41) is 3.75. The van der Waals surface area contributed by atoms with Crippen molar-refractivity contribution in [3.05, 3.63) is 51.5 Å². The van der Waals surface area contributed by atoms with E-state index in [-0.39, 0.29) is 17.2 Å². The van der Waals surface area contributed by atoms with Crippen molar-refractivity contribution in [2.75, 3.05) is 11.1 Å². The van der Waals surface area contributed by atoms with Crippen LogP contribution in [0.1, 0.15) is 21.3 Å². The summed E-state index contributed by atoms with van der Waals surface area (Å²) in [7, 11) is 0. The molecule has 0 unspecified atom stereocenters. The van der Waals surface area contributed by atoms with Gasteiger partial charge in [0, 0.05) is 10.4 Å². The van der Waals surface area contributed by atoms with Gasteiger partial charge in [0.15, 0.2) is 0 Å². The Morgan fingerprint density at radius 3 is 2.73 bits per heavy atom. The molecule has 8 heteroatoms. The molecule has 1 aromatic heterocycles. The number of anilines is 1. The summed E-state index contributed by atoms with van der Waals surface area (Å²) >= 11 is 2.40. The van der Waals surface area contributed by atoms with Crippen molar-refractivity contribution < 1.29 is 22.4 Å². The summed E-state index contributed by atoms with van der Waals surface area (Å²) < 4.78 is 52.6. The van der Waals surface area contributed by atoms with Gasteiger partial charge in [-0.15, -0.1) is 23.1 Å². The molecule has 0 aliphatic carbocycles. The molecule has 0 saturated heterocycles. The van der Waals surface area contributed by atoms with E-state index < -0.39 is 22.8 Å². The molecule has 1 aromatic carbocycles. The monoisotopic (exact) mass is 347 g/mol. The summed E-state index contributed by atoms with van der Waals surface area (Å²) in [6.45, 7) is 0. The van der Waals surface area contributed by atoms with Crippen molar-refractivity contribution in [3.8, 4) is 0 Å². The Balaban J connectivity index is 2.10. The van der Waals surface area contributed by atoms with Gasteiger partial charge in [0.2, 0.25) is 5.91 Å². The molecule has 0 fully saturated rings. The van der Waals surface area contributed by atoms with E-state index in [1.807, 2.05) is 0 Å². The number of fused-ring (bicyclic) bond motifs is 1. The fourth-order valence-corrected chi connectivity index (χ4v) is 4.45. The van der Waals surface area contributed by atoms with Gasteiger partial charge in [-0.1, -0.05) is 0 Å². The van der Waals surface area contributed by atoms with E-state index in [4.69, 9.17) is 0 Å². The average molecular weight is 347 g/mol. The zero-order valence-electron chi connectivity index (χ0n) is 10.9. The maximum atomic E-state index is 14.1. The second-order valence-corrected chi connectivity index (χ2v) is 6.71. The van der Waals surface area contributed by atoms with E-state index in [1.54, 1.807) is 11.4 Å². The summed E-state index contributed by atoms with van der Waals surface area (Å²) in [5.74, 6) is -0.902. The highest BCUT2D eigenvalue weighted by molar-refractivity contribution is 8.00. The number of carbonyl (C=O) groups is 1. The fourth-order valence-electron chi connectivity index (χ4n) is 2.20. The topological polar surface area (TPSA) is 29.1 Å². The van der Waals surface area contributed by atoms with Gasteiger partial charge in [-0.3, -0.25) is 4.79 Å². The molecule has 1 aliphatic rings. The molecule has 0 radical (unpaired) electrons. The number of halogens is 4. The number of thioether (sulfide) groups is 1. The van der Waals surface area contributed by atoms with Gasteiger partial charge in [-0.25, -0.2) is 4.39 Å². The van der Waals surface area contributed by atoms with Crippen LogP contribution in [0.3, 0.4) is 0 Å². The lowest BCUT2D eigenvalue weighted by atomic mass is 10.1. The molecule has 1 amide bonds. The molecule has 0 saturated carbocycles. The van der Waals surface area contributed by atoms with Gasteiger partial charge >= 0.3 is 6.18 Å². The van der Waals surface area contributed by atoms with Crippen LogP contribution in [0.25, 0.3) is 0 Å². The summed E-state index contributed by atoms with van der Waals surface area (Å²) in [6.07, 6.45) is -4.54. The minimum absolute atomic E-state index is 0.0555. The molecule has 116 valence electrons. The SMILES string of the molecule is O=C1CS[C@@H](c2cc(C(F)(F)F)ccc2F)c2sccc2N1. The Bertz CT molecular complexity index is 726. The number of rotatable bonds is 1. The summed E-state index contributed by atoms with van der Waals surface area (Å²) in [4.78, 5) is 12.3. The number of thiophene rings is 1. The van der Waals surface area contributed by atoms with Crippen molar-refractivity contribution in [3.63, 3.8) is 0 Å². The van der Waals surface area contributed by atoms with Crippen LogP contribution in [0.2, 0.25) is 0 Å². The van der Waals surface area contributed by atoms with Crippen molar-refractivity contribution in [1.29, 1.82) is 0 Å². The van der Waals surface area contributed by atoms with Crippen LogP contribution in [0.15, 0.2) is 29.6 Å². The summed E-state index contributed by atoms with van der Waals surface area (Å²) in [6, 6.07) is 4.04. The lowest BCUT2D eigenvalue weighted by molar-refractivity contribution is -0.137. The van der Waals surface area contributed by atoms with E-state index in [0.29, 0.717) is 10.6 Å². The quantitative estimate of drug-likeness (QED) is 0.759. The molecule has 0 bridgehead atoms. The Labute approximate surface area is 131 Å². The van der Waals surface area contributed by atoms with Crippen molar-refractivity contribution in [2.24, 2.45) is 0 Å². The molecule has 1 atom stereocenters. The Kier molecular flexibility index (Phi) is 3.90. The molecular formula is C14H9F4NOS2. The number of amides is 1. The lowest BCUT2D eigenvalue weighted by Crippen LogP contribution is -2.11. The molecule has 2 heterocycles. The Hall–Kier alpha value is -1.54. The number of hydrogen-bond donors (Lipinski definition) is 1. The average Bonchev–Trinajstić information content (AvgIpc) is 2.81. The van der Waals surface area contributed by atoms with Gasteiger partial charge in [0.05, 0.1) is 22.3 Å². The minimum atomic E-state index is -4.54. The second kappa shape index (κ2) is 5.58. The maximum Gasteiger partial charge on any atom is 0.416 e. The van der Waals surface area contributed by atoms with Gasteiger partial charge in [0.1, 0.15) is 5.82 Å². The lowest BCUT2D eigenvalue weighted by Gasteiger charge is -2.17. The first kappa shape index (κ1) is 15.4. The predicted molar refractivity (Wildman–Crippen MR) is 78.7 cm³/mol. The van der Waals surface area contributed by atoms with Gasteiger partial charge in [-0.05, 0) is 29.6 Å². The van der Waals surface area contributed by atoms with Crippen LogP contribution >= 0.6 is 23.1 Å². The number of alkyl halides is 3. The van der Waals surface area contributed by atoms with Crippen molar-refractivity contribution in [1.82, 2.24) is 0 Å². The third-order valence-corrected chi connectivity index (χ3v) is 5.58. The second-order valence-electron chi connectivity index (χ2n) is 4.67. The number of nitrogens with one attached hydrogen (secondary N) is 1. The molecule has 2 aromatic rings. The zero-order valence-corrected chi connectivity index (χ0v) is 12.5. The first-order valence-corrected chi connectivity index (χ1v) is 8.14. The van der Waals surface area contributed by atoms with Crippen molar-refractivity contribution >= 4 is 34.7 Å². The number of hydrogen-bond acceptors (Lipinski definition) is 3. The highest BCUT2D eigenvalue weighted by Crippen LogP contribution is 2.46. The zero-order chi connectivity index (χ0) is 15.9. The number of carbonyl (C=O) groups excluding carboxylic acids is 1. The van der Waals surface area contributed by atoms with Gasteiger partial charge in [0.25, 0.3) is 0 Å². The van der Waals surface area contributed by atoms with Crippen LogP contribution in [0, 0.1) is 5.82 Å².